The van der Waals surface area contributed by atoms with Crippen LogP contribution in [0.3, 0.4) is 0 Å². The molecule has 0 bridgehead atoms. The minimum atomic E-state index is -0.470. The molecule has 6 aliphatic heterocycles. The first kappa shape index (κ1) is 16.4. The molecule has 4 heteroatoms. The van der Waals surface area contributed by atoms with E-state index in [1.165, 1.54) is 67.2 Å². The third-order valence-corrected chi connectivity index (χ3v) is 7.80. The van der Waals surface area contributed by atoms with Gasteiger partial charge in [-0.25, -0.2) is 0 Å². The molecule has 1 spiro atoms. The van der Waals surface area contributed by atoms with Gasteiger partial charge in [0.2, 0.25) is 22.8 Å². The highest BCUT2D eigenvalue weighted by atomic mass is 15.6. The van der Waals surface area contributed by atoms with Crippen LogP contribution in [0.2, 0.25) is 0 Å². The lowest BCUT2D eigenvalue weighted by Gasteiger charge is -2.40. The van der Waals surface area contributed by atoms with E-state index in [4.69, 9.17) is 0 Å². The van der Waals surface area contributed by atoms with E-state index < -0.39 is 5.91 Å². The van der Waals surface area contributed by atoms with Gasteiger partial charge in [0, 0.05) is 35.5 Å². The van der Waals surface area contributed by atoms with Gasteiger partial charge in [-0.15, -0.1) is 0 Å². The first-order valence-corrected chi connectivity index (χ1v) is 10.3. The highest BCUT2D eigenvalue weighted by Crippen LogP contribution is 2.48. The van der Waals surface area contributed by atoms with Crippen molar-refractivity contribution in [2.24, 2.45) is 0 Å². The Kier molecular flexibility index (Phi) is 2.47. The molecule has 0 N–H and O–H groups in total. The Balaban J connectivity index is 0.00000162. The maximum absolute atomic E-state index is 2.58. The summed E-state index contributed by atoms with van der Waals surface area (Å²) in [6.45, 7) is 9.06. The summed E-state index contributed by atoms with van der Waals surface area (Å²) < 4.78 is 10.3. The molecule has 2 aromatic rings. The average molecular weight is 393 g/mol. The standard InChI is InChI=1S/C25H20N4.CH4/c1-13-17-5-7-19-14(2)21-9-11-23-16(4)24-12-10-22-15(3)20-8-6-18(13)27(20)25(26(17)19,28(21)23)29(22)24;/h5-12H,1-4H3;1H4/q+2;. The molecule has 0 amide bonds. The Morgan fingerprint density at radius 3 is 1.80 bits per heavy atom. The highest BCUT2D eigenvalue weighted by Gasteiger charge is 2.71. The van der Waals surface area contributed by atoms with Crippen molar-refractivity contribution in [2.45, 2.75) is 41.0 Å². The Morgan fingerprint density at radius 1 is 0.600 bits per heavy atom. The molecule has 0 saturated carbocycles. The van der Waals surface area contributed by atoms with Gasteiger partial charge in [-0.1, -0.05) is 16.6 Å². The largest absolute Gasteiger partial charge is 0.553 e. The van der Waals surface area contributed by atoms with Crippen LogP contribution in [-0.2, 0) is 5.91 Å². The fourth-order valence-electron chi connectivity index (χ4n) is 6.51. The van der Waals surface area contributed by atoms with E-state index >= 15 is 0 Å². The van der Waals surface area contributed by atoms with Crippen molar-refractivity contribution >= 4 is 28.1 Å². The van der Waals surface area contributed by atoms with E-state index in [1.807, 2.05) is 0 Å². The van der Waals surface area contributed by atoms with Gasteiger partial charge in [0.05, 0.1) is 27.7 Å². The monoisotopic (exact) mass is 392 g/mol. The topological polar surface area (TPSA) is 15.9 Å². The molecule has 0 fully saturated rings. The third kappa shape index (κ3) is 1.25. The maximum Gasteiger partial charge on any atom is 0.553 e. The molecule has 146 valence electrons. The zero-order valence-electron chi connectivity index (χ0n) is 16.9. The minimum Gasteiger partial charge on any atom is -0.199 e. The van der Waals surface area contributed by atoms with Crippen LogP contribution in [0.5, 0.6) is 0 Å². The number of hydrogen-bond acceptors (Lipinski definition) is 0. The van der Waals surface area contributed by atoms with E-state index in [0.29, 0.717) is 0 Å². The van der Waals surface area contributed by atoms with Crippen molar-refractivity contribution < 1.29 is 9.15 Å². The van der Waals surface area contributed by atoms with Gasteiger partial charge in [-0.3, -0.25) is 0 Å². The van der Waals surface area contributed by atoms with Crippen LogP contribution < -0.4 is 10.7 Å². The van der Waals surface area contributed by atoms with Gasteiger partial charge < -0.3 is 0 Å². The summed E-state index contributed by atoms with van der Waals surface area (Å²) in [7, 11) is 0. The molecule has 6 aliphatic rings. The van der Waals surface area contributed by atoms with Crippen molar-refractivity contribution in [2.75, 3.05) is 0 Å². The number of allylic oxidation sites excluding steroid dienone is 6. The summed E-state index contributed by atoms with van der Waals surface area (Å²) in [4.78, 5) is 0. The van der Waals surface area contributed by atoms with Crippen molar-refractivity contribution in [3.05, 3.63) is 87.6 Å². The van der Waals surface area contributed by atoms with E-state index in [9.17, 15) is 0 Å². The zero-order chi connectivity index (χ0) is 19.4. The smallest absolute Gasteiger partial charge is 0.199 e. The SMILES string of the molecule is C.CC1=C2C=CC3=[N+]2C24n5c(ccc5C(C)=c5ccc(n52)=C3C)C(C)=C2C=CC1=[N+]24. The van der Waals surface area contributed by atoms with Crippen LogP contribution in [0.4, 0.5) is 0 Å². The molecular weight excluding hydrogens is 368 g/mol. The summed E-state index contributed by atoms with van der Waals surface area (Å²) in [6, 6.07) is 9.24. The molecule has 0 aromatic carbocycles. The van der Waals surface area contributed by atoms with Crippen molar-refractivity contribution in [3.8, 4) is 0 Å². The van der Waals surface area contributed by atoms with Crippen LogP contribution in [0, 0.1) is 0 Å². The number of hydrogen-bond donors (Lipinski definition) is 0. The quantitative estimate of drug-likeness (QED) is 0.613. The summed E-state index contributed by atoms with van der Waals surface area (Å²) in [5, 5.41) is 2.62. The van der Waals surface area contributed by atoms with E-state index in [0.717, 1.165) is 0 Å². The van der Waals surface area contributed by atoms with Crippen LogP contribution >= 0.6 is 0 Å². The van der Waals surface area contributed by atoms with E-state index in [2.05, 4.69) is 94.5 Å². The zero-order valence-corrected chi connectivity index (χ0v) is 16.9. The number of rotatable bonds is 0. The molecule has 2 aromatic heterocycles. The molecule has 1 atom stereocenters. The second-order valence-corrected chi connectivity index (χ2v) is 8.86. The number of aromatic nitrogens is 2. The Bertz CT molecular complexity index is 1620. The molecule has 0 saturated heterocycles. The van der Waals surface area contributed by atoms with Gasteiger partial charge in [0.25, 0.3) is 0 Å². The maximum atomic E-state index is 2.58. The summed E-state index contributed by atoms with van der Waals surface area (Å²) in [5.74, 6) is -0.470. The van der Waals surface area contributed by atoms with Gasteiger partial charge >= 0.3 is 5.91 Å². The fourth-order valence-corrected chi connectivity index (χ4v) is 6.51. The first-order chi connectivity index (χ1) is 14.1. The van der Waals surface area contributed by atoms with Gasteiger partial charge in [-0.05, 0) is 57.5 Å². The van der Waals surface area contributed by atoms with Gasteiger partial charge in [0.15, 0.2) is 0 Å². The Morgan fingerprint density at radius 2 is 1.13 bits per heavy atom. The predicted molar refractivity (Wildman–Crippen MR) is 120 cm³/mol. The lowest BCUT2D eigenvalue weighted by molar-refractivity contribution is -0.837. The van der Waals surface area contributed by atoms with Gasteiger partial charge in [-0.2, -0.15) is 9.13 Å². The second kappa shape index (κ2) is 4.51. The molecule has 4 nitrogen and oxygen atoms in total. The van der Waals surface area contributed by atoms with Crippen LogP contribution in [0.15, 0.2) is 65.5 Å². The molecule has 8 rings (SSSR count). The van der Waals surface area contributed by atoms with Crippen molar-refractivity contribution in [1.82, 2.24) is 9.13 Å². The normalized spacial score (nSPS) is 25.6. The summed E-state index contributed by atoms with van der Waals surface area (Å²) >= 11 is 0. The van der Waals surface area contributed by atoms with Crippen LogP contribution in [0.25, 0.3) is 16.7 Å². The predicted octanol–water partition coefficient (Wildman–Crippen LogP) is 2.84. The fraction of sp³-hybridized carbons (Fsp3) is 0.231. The second-order valence-electron chi connectivity index (χ2n) is 8.86. The molecule has 0 radical (unpaired) electrons. The van der Waals surface area contributed by atoms with Crippen molar-refractivity contribution in [1.29, 1.82) is 0 Å². The molecule has 8 heterocycles. The van der Waals surface area contributed by atoms with E-state index in [-0.39, 0.29) is 7.43 Å². The highest BCUT2D eigenvalue weighted by molar-refractivity contribution is 6.23. The number of nitrogens with zero attached hydrogens (tertiary/aromatic N) is 4. The molecular formula is C26H24N4+2. The van der Waals surface area contributed by atoms with Crippen LogP contribution in [0.1, 0.15) is 46.5 Å². The lowest BCUT2D eigenvalue weighted by atomic mass is 10.0. The van der Waals surface area contributed by atoms with E-state index in [1.54, 1.807) is 0 Å². The average Bonchev–Trinajstić information content (AvgIpc) is 3.50. The minimum absolute atomic E-state index is 0. The molecule has 0 aliphatic carbocycles. The lowest BCUT2D eigenvalue weighted by Crippen LogP contribution is -2.70. The first-order valence-electron chi connectivity index (χ1n) is 10.3. The Hall–Kier alpha value is -3.40. The Labute approximate surface area is 175 Å². The summed E-state index contributed by atoms with van der Waals surface area (Å²) in [6.07, 6.45) is 9.24. The summed E-state index contributed by atoms with van der Waals surface area (Å²) in [5.41, 5.74) is 13.2. The third-order valence-electron chi connectivity index (χ3n) is 7.80. The molecule has 30 heavy (non-hydrogen) atoms. The van der Waals surface area contributed by atoms with Gasteiger partial charge in [0.1, 0.15) is 0 Å². The van der Waals surface area contributed by atoms with Crippen LogP contribution in [-0.4, -0.2) is 29.7 Å². The molecule has 1 unspecified atom stereocenters. The van der Waals surface area contributed by atoms with Crippen molar-refractivity contribution in [3.63, 3.8) is 0 Å².